The second-order valence-corrected chi connectivity index (χ2v) is 8.56. The van der Waals surface area contributed by atoms with Gasteiger partial charge in [-0.1, -0.05) is 0 Å². The van der Waals surface area contributed by atoms with E-state index in [4.69, 9.17) is 14.2 Å². The number of hydrogen-bond acceptors (Lipinski definition) is 6. The Morgan fingerprint density at radius 2 is 2.00 bits per heavy atom. The summed E-state index contributed by atoms with van der Waals surface area (Å²) in [6.07, 6.45) is 2.48. The van der Waals surface area contributed by atoms with Gasteiger partial charge in [-0.2, -0.15) is 0 Å². The van der Waals surface area contributed by atoms with E-state index >= 15 is 0 Å². The van der Waals surface area contributed by atoms with Crippen LogP contribution in [-0.2, 0) is 27.2 Å². The van der Waals surface area contributed by atoms with Crippen molar-refractivity contribution < 1.29 is 28.9 Å². The summed E-state index contributed by atoms with van der Waals surface area (Å²) >= 11 is 0. The maximum absolute atomic E-state index is 11.6. The van der Waals surface area contributed by atoms with Crippen LogP contribution < -0.4 is 9.47 Å². The van der Waals surface area contributed by atoms with Crippen molar-refractivity contribution in [2.24, 2.45) is 0 Å². The van der Waals surface area contributed by atoms with Crippen molar-refractivity contribution in [3.05, 3.63) is 22.3 Å². The van der Waals surface area contributed by atoms with Crippen LogP contribution in [0.15, 0.2) is 0 Å². The van der Waals surface area contributed by atoms with Crippen LogP contribution in [0.1, 0.15) is 68.7 Å². The molecule has 1 N–H and O–H groups in total. The Bertz CT molecular complexity index is 795. The van der Waals surface area contributed by atoms with Gasteiger partial charge in [0, 0.05) is 24.5 Å². The van der Waals surface area contributed by atoms with Gasteiger partial charge in [0.05, 0.1) is 12.5 Å². The molecule has 1 aromatic rings. The van der Waals surface area contributed by atoms with Gasteiger partial charge in [-0.25, -0.2) is 0 Å². The van der Waals surface area contributed by atoms with E-state index in [1.165, 1.54) is 6.92 Å². The minimum Gasteiger partial charge on any atom is -0.487 e. The van der Waals surface area contributed by atoms with E-state index in [2.05, 4.69) is 13.8 Å². The third-order valence-electron chi connectivity index (χ3n) is 5.69. The predicted octanol–water partition coefficient (Wildman–Crippen LogP) is 3.33. The summed E-state index contributed by atoms with van der Waals surface area (Å²) in [6, 6.07) is 0. The largest absolute Gasteiger partial charge is 0.487 e. The quantitative estimate of drug-likeness (QED) is 0.627. The average molecular weight is 390 g/mol. The SMILES string of the molecule is CC(=O)Oc1c(C)c(CCC2CC(O)CC(=O)O2)c2c(c1C)CCC(C)(C)O2. The average Bonchev–Trinajstić information content (AvgIpc) is 2.56. The monoisotopic (exact) mass is 390 g/mol. The molecule has 0 aliphatic carbocycles. The highest BCUT2D eigenvalue weighted by Gasteiger charge is 2.33. The molecule has 2 heterocycles. The lowest BCUT2D eigenvalue weighted by Gasteiger charge is -2.36. The summed E-state index contributed by atoms with van der Waals surface area (Å²) in [5.41, 5.74) is 3.63. The maximum Gasteiger partial charge on any atom is 0.308 e. The summed E-state index contributed by atoms with van der Waals surface area (Å²) in [5.74, 6) is 0.762. The standard InChI is InChI=1S/C22H30O6/c1-12-17(7-6-16-10-15(24)11-19(25)27-16)21-18(8-9-22(4,5)28-21)13(2)20(12)26-14(3)23/h15-16,24H,6-11H2,1-5H3. The molecular formula is C22H30O6. The Morgan fingerprint density at radius 3 is 2.64 bits per heavy atom. The van der Waals surface area contributed by atoms with E-state index in [9.17, 15) is 14.7 Å². The Balaban J connectivity index is 1.96. The topological polar surface area (TPSA) is 82.1 Å². The van der Waals surface area contributed by atoms with Gasteiger partial charge in [-0.15, -0.1) is 0 Å². The molecule has 154 valence electrons. The number of esters is 2. The van der Waals surface area contributed by atoms with Crippen LogP contribution >= 0.6 is 0 Å². The first-order chi connectivity index (χ1) is 13.1. The highest BCUT2D eigenvalue weighted by Crippen LogP contribution is 2.44. The Morgan fingerprint density at radius 1 is 1.29 bits per heavy atom. The fourth-order valence-electron chi connectivity index (χ4n) is 4.20. The van der Waals surface area contributed by atoms with Gasteiger partial charge >= 0.3 is 11.9 Å². The molecule has 6 heteroatoms. The number of rotatable bonds is 4. The van der Waals surface area contributed by atoms with Crippen molar-refractivity contribution in [2.75, 3.05) is 0 Å². The van der Waals surface area contributed by atoms with E-state index in [0.717, 1.165) is 40.8 Å². The van der Waals surface area contributed by atoms with Crippen LogP contribution in [-0.4, -0.2) is 34.9 Å². The molecule has 0 saturated carbocycles. The smallest absolute Gasteiger partial charge is 0.308 e. The lowest BCUT2D eigenvalue weighted by molar-refractivity contribution is -0.160. The molecule has 0 bridgehead atoms. The van der Waals surface area contributed by atoms with E-state index in [0.29, 0.717) is 25.0 Å². The number of hydrogen-bond donors (Lipinski definition) is 1. The van der Waals surface area contributed by atoms with Crippen LogP contribution in [0.5, 0.6) is 11.5 Å². The molecule has 0 radical (unpaired) electrons. The number of cyclic esters (lactones) is 1. The predicted molar refractivity (Wildman–Crippen MR) is 104 cm³/mol. The first-order valence-corrected chi connectivity index (χ1v) is 9.97. The van der Waals surface area contributed by atoms with Crippen molar-refractivity contribution in [2.45, 2.75) is 91.0 Å². The molecule has 2 aliphatic heterocycles. The lowest BCUT2D eigenvalue weighted by atomic mass is 9.86. The van der Waals surface area contributed by atoms with Crippen LogP contribution in [0.25, 0.3) is 0 Å². The fourth-order valence-corrected chi connectivity index (χ4v) is 4.20. The van der Waals surface area contributed by atoms with Gasteiger partial charge < -0.3 is 19.3 Å². The zero-order valence-corrected chi connectivity index (χ0v) is 17.4. The highest BCUT2D eigenvalue weighted by molar-refractivity contribution is 5.72. The second kappa shape index (κ2) is 7.74. The molecule has 0 aromatic heterocycles. The first-order valence-electron chi connectivity index (χ1n) is 9.97. The van der Waals surface area contributed by atoms with Crippen LogP contribution in [0.2, 0.25) is 0 Å². The molecule has 28 heavy (non-hydrogen) atoms. The Hall–Kier alpha value is -2.08. The van der Waals surface area contributed by atoms with Gasteiger partial charge in [0.2, 0.25) is 0 Å². The fraction of sp³-hybridized carbons (Fsp3) is 0.636. The van der Waals surface area contributed by atoms with Crippen LogP contribution in [0, 0.1) is 13.8 Å². The minimum atomic E-state index is -0.647. The molecular weight excluding hydrogens is 360 g/mol. The molecule has 3 rings (SSSR count). The van der Waals surface area contributed by atoms with Crippen molar-refractivity contribution >= 4 is 11.9 Å². The maximum atomic E-state index is 11.6. The van der Waals surface area contributed by atoms with Crippen LogP contribution in [0.3, 0.4) is 0 Å². The summed E-state index contributed by atoms with van der Waals surface area (Å²) < 4.78 is 17.3. The molecule has 0 spiro atoms. The van der Waals surface area contributed by atoms with Crippen molar-refractivity contribution in [1.82, 2.24) is 0 Å². The summed E-state index contributed by atoms with van der Waals surface area (Å²) in [7, 11) is 0. The highest BCUT2D eigenvalue weighted by atomic mass is 16.5. The number of ether oxygens (including phenoxy) is 3. The number of aliphatic hydroxyl groups excluding tert-OH is 1. The number of aliphatic hydroxyl groups is 1. The van der Waals surface area contributed by atoms with Gasteiger partial charge in [0.25, 0.3) is 0 Å². The number of carbonyl (C=O) groups excluding carboxylic acids is 2. The van der Waals surface area contributed by atoms with Crippen molar-refractivity contribution in [3.8, 4) is 11.5 Å². The van der Waals surface area contributed by atoms with Gasteiger partial charge in [0.1, 0.15) is 23.2 Å². The molecule has 6 nitrogen and oxygen atoms in total. The third kappa shape index (κ3) is 4.32. The molecule has 2 aliphatic rings. The summed E-state index contributed by atoms with van der Waals surface area (Å²) in [5, 5.41) is 9.86. The zero-order chi connectivity index (χ0) is 20.6. The van der Waals surface area contributed by atoms with Crippen molar-refractivity contribution in [1.29, 1.82) is 0 Å². The number of carbonyl (C=O) groups is 2. The zero-order valence-electron chi connectivity index (χ0n) is 17.4. The first kappa shape index (κ1) is 20.6. The molecule has 1 saturated heterocycles. The second-order valence-electron chi connectivity index (χ2n) is 8.56. The van der Waals surface area contributed by atoms with Gasteiger partial charge in [-0.05, 0) is 64.5 Å². The van der Waals surface area contributed by atoms with Crippen LogP contribution in [0.4, 0.5) is 0 Å². The van der Waals surface area contributed by atoms with E-state index in [-0.39, 0.29) is 30.1 Å². The lowest BCUT2D eigenvalue weighted by Crippen LogP contribution is -2.34. The Kier molecular flexibility index (Phi) is 5.71. The summed E-state index contributed by atoms with van der Waals surface area (Å²) in [4.78, 5) is 23.3. The molecule has 0 amide bonds. The van der Waals surface area contributed by atoms with E-state index < -0.39 is 6.10 Å². The van der Waals surface area contributed by atoms with E-state index in [1.54, 1.807) is 0 Å². The molecule has 1 fully saturated rings. The minimum absolute atomic E-state index is 0.0589. The third-order valence-corrected chi connectivity index (χ3v) is 5.69. The number of fused-ring (bicyclic) bond motifs is 1. The summed E-state index contributed by atoms with van der Waals surface area (Å²) in [6.45, 7) is 9.45. The normalized spacial score (nSPS) is 23.4. The molecule has 2 atom stereocenters. The number of benzene rings is 1. The molecule has 2 unspecified atom stereocenters. The van der Waals surface area contributed by atoms with Gasteiger partial charge in [0.15, 0.2) is 0 Å². The van der Waals surface area contributed by atoms with E-state index in [1.807, 2.05) is 13.8 Å². The Labute approximate surface area is 166 Å². The van der Waals surface area contributed by atoms with Crippen molar-refractivity contribution in [3.63, 3.8) is 0 Å². The van der Waals surface area contributed by atoms with Gasteiger partial charge in [-0.3, -0.25) is 9.59 Å². The molecule has 1 aromatic carbocycles.